The van der Waals surface area contributed by atoms with Crippen molar-refractivity contribution in [1.82, 2.24) is 39.2 Å². The summed E-state index contributed by atoms with van der Waals surface area (Å²) in [6.07, 6.45) is 14.4. The summed E-state index contributed by atoms with van der Waals surface area (Å²) in [5.41, 5.74) is 5.39. The van der Waals surface area contributed by atoms with Gasteiger partial charge in [-0.05, 0) is 42.7 Å². The molecule has 0 amide bonds. The number of rotatable bonds is 7. The quantitative estimate of drug-likeness (QED) is 0.365. The molecule has 0 bridgehead atoms. The molecule has 0 spiro atoms. The van der Waals surface area contributed by atoms with Crippen LogP contribution in [0.15, 0.2) is 73.7 Å². The lowest BCUT2D eigenvalue weighted by Crippen LogP contribution is -2.36. The van der Waals surface area contributed by atoms with Gasteiger partial charge in [0.15, 0.2) is 0 Å². The summed E-state index contributed by atoms with van der Waals surface area (Å²) in [6, 6.07) is 10.1. The number of imidazole rings is 1. The Kier molecular flexibility index (Phi) is 5.80. The van der Waals surface area contributed by atoms with E-state index in [1.165, 1.54) is 0 Å². The fourth-order valence-electron chi connectivity index (χ4n) is 4.67. The summed E-state index contributed by atoms with van der Waals surface area (Å²) in [6.45, 7) is 1.13. The molecule has 0 unspecified atom stereocenters. The molecule has 1 N–H and O–H groups in total. The zero-order chi connectivity index (χ0) is 24.5. The summed E-state index contributed by atoms with van der Waals surface area (Å²) in [5, 5.41) is 12.0. The predicted octanol–water partition coefficient (Wildman–Crippen LogP) is 4.49. The number of fused-ring (bicyclic) bond motifs is 1. The standard InChI is InChI=1S/C26H26F2N8/c27-26(28)7-5-21(6-8-26)30-12-19-3-4-25-31-22(16-35(25)15-19)17-36-18-24(32-33-36)20-11-23(14-29-13-20)34-9-1-2-10-34/h1-4,9-11,13-16,18,21,30H,5-8,12,17H2. The minimum Gasteiger partial charge on any atom is -0.322 e. The van der Waals surface area contributed by atoms with Crippen LogP contribution in [0.5, 0.6) is 0 Å². The molecule has 0 radical (unpaired) electrons. The van der Waals surface area contributed by atoms with Crippen LogP contribution in [0.25, 0.3) is 22.6 Å². The van der Waals surface area contributed by atoms with Crippen molar-refractivity contribution in [2.24, 2.45) is 0 Å². The highest BCUT2D eigenvalue weighted by Gasteiger charge is 2.34. The van der Waals surface area contributed by atoms with E-state index in [0.717, 1.165) is 33.8 Å². The molecule has 10 heteroatoms. The van der Waals surface area contributed by atoms with Crippen LogP contribution in [0.2, 0.25) is 0 Å². The van der Waals surface area contributed by atoms with Crippen LogP contribution < -0.4 is 5.32 Å². The molecule has 184 valence electrons. The zero-order valence-electron chi connectivity index (χ0n) is 19.6. The van der Waals surface area contributed by atoms with E-state index in [1.54, 1.807) is 10.9 Å². The van der Waals surface area contributed by atoms with Gasteiger partial charge in [-0.15, -0.1) is 5.10 Å². The molecule has 0 aromatic carbocycles. The molecule has 5 heterocycles. The lowest BCUT2D eigenvalue weighted by molar-refractivity contribution is -0.0405. The lowest BCUT2D eigenvalue weighted by atomic mass is 9.92. The highest BCUT2D eigenvalue weighted by atomic mass is 19.3. The highest BCUT2D eigenvalue weighted by molar-refractivity contribution is 5.59. The van der Waals surface area contributed by atoms with Crippen LogP contribution in [0.3, 0.4) is 0 Å². The van der Waals surface area contributed by atoms with E-state index in [0.29, 0.717) is 25.9 Å². The van der Waals surface area contributed by atoms with Gasteiger partial charge in [-0.25, -0.2) is 18.4 Å². The second-order valence-corrected chi connectivity index (χ2v) is 9.37. The average Bonchev–Trinajstić information content (AvgIpc) is 3.64. The van der Waals surface area contributed by atoms with E-state index in [-0.39, 0.29) is 18.9 Å². The summed E-state index contributed by atoms with van der Waals surface area (Å²) >= 11 is 0. The van der Waals surface area contributed by atoms with E-state index >= 15 is 0 Å². The SMILES string of the molecule is FC1(F)CCC(NCc2ccc3nc(Cn4cc(-c5cncc(-n6cccc6)c5)nn4)cn3c2)CC1. The third kappa shape index (κ3) is 4.90. The van der Waals surface area contributed by atoms with Gasteiger partial charge in [0, 0.05) is 62.0 Å². The number of aromatic nitrogens is 7. The Labute approximate surface area is 206 Å². The Hall–Kier alpha value is -3.92. The molecule has 5 aromatic rings. The van der Waals surface area contributed by atoms with E-state index < -0.39 is 5.92 Å². The van der Waals surface area contributed by atoms with Crippen molar-refractivity contribution in [2.45, 2.75) is 50.7 Å². The maximum Gasteiger partial charge on any atom is 0.248 e. The molecule has 6 rings (SSSR count). The van der Waals surface area contributed by atoms with E-state index in [1.807, 2.05) is 76.5 Å². The number of hydrogen-bond acceptors (Lipinski definition) is 5. The third-order valence-corrected chi connectivity index (χ3v) is 6.66. The topological polar surface area (TPSA) is 77.9 Å². The number of alkyl halides is 2. The average molecular weight is 489 g/mol. The summed E-state index contributed by atoms with van der Waals surface area (Å²) < 4.78 is 32.5. The molecule has 36 heavy (non-hydrogen) atoms. The minimum absolute atomic E-state index is 0.0341. The van der Waals surface area contributed by atoms with Gasteiger partial charge in [-0.2, -0.15) is 0 Å². The smallest absolute Gasteiger partial charge is 0.248 e. The maximum atomic E-state index is 13.4. The van der Waals surface area contributed by atoms with Crippen LogP contribution >= 0.6 is 0 Å². The normalized spacial score (nSPS) is 16.1. The Morgan fingerprint density at radius 3 is 2.69 bits per heavy atom. The van der Waals surface area contributed by atoms with Crippen molar-refractivity contribution in [3.05, 3.63) is 85.0 Å². The fourth-order valence-corrected chi connectivity index (χ4v) is 4.67. The van der Waals surface area contributed by atoms with Crippen molar-refractivity contribution in [3.63, 3.8) is 0 Å². The van der Waals surface area contributed by atoms with Crippen LogP contribution in [0, 0.1) is 0 Å². The summed E-state index contributed by atoms with van der Waals surface area (Å²) in [7, 11) is 0. The number of nitrogens with one attached hydrogen (secondary N) is 1. The molecule has 0 saturated heterocycles. The second kappa shape index (κ2) is 9.27. The second-order valence-electron chi connectivity index (χ2n) is 9.37. The monoisotopic (exact) mass is 488 g/mol. The van der Waals surface area contributed by atoms with Gasteiger partial charge < -0.3 is 14.3 Å². The fraction of sp³-hybridized carbons (Fsp3) is 0.308. The molecule has 0 aliphatic heterocycles. The van der Waals surface area contributed by atoms with Gasteiger partial charge in [-0.3, -0.25) is 4.98 Å². The molecule has 1 aliphatic carbocycles. The first-order valence-corrected chi connectivity index (χ1v) is 12.1. The zero-order valence-corrected chi connectivity index (χ0v) is 19.6. The minimum atomic E-state index is -2.50. The van der Waals surface area contributed by atoms with Crippen LogP contribution in [0.1, 0.15) is 36.9 Å². The maximum absolute atomic E-state index is 13.4. The Morgan fingerprint density at radius 2 is 1.86 bits per heavy atom. The van der Waals surface area contributed by atoms with Crippen molar-refractivity contribution in [2.75, 3.05) is 0 Å². The van der Waals surface area contributed by atoms with E-state index in [9.17, 15) is 8.78 Å². The van der Waals surface area contributed by atoms with Gasteiger partial charge in [0.05, 0.1) is 30.3 Å². The van der Waals surface area contributed by atoms with Crippen molar-refractivity contribution < 1.29 is 8.78 Å². The molecule has 5 aromatic heterocycles. The first-order chi connectivity index (χ1) is 17.5. The number of pyridine rings is 2. The van der Waals surface area contributed by atoms with Gasteiger partial charge in [0.2, 0.25) is 5.92 Å². The van der Waals surface area contributed by atoms with Gasteiger partial charge in [0.1, 0.15) is 11.3 Å². The number of halogens is 2. The third-order valence-electron chi connectivity index (χ3n) is 6.66. The number of nitrogens with zero attached hydrogens (tertiary/aromatic N) is 7. The molecule has 0 atom stereocenters. The van der Waals surface area contributed by atoms with E-state index in [2.05, 4.69) is 20.6 Å². The van der Waals surface area contributed by atoms with Crippen LogP contribution in [0.4, 0.5) is 8.78 Å². The van der Waals surface area contributed by atoms with Gasteiger partial charge in [-0.1, -0.05) is 11.3 Å². The van der Waals surface area contributed by atoms with E-state index in [4.69, 9.17) is 4.98 Å². The first-order valence-electron chi connectivity index (χ1n) is 12.1. The first kappa shape index (κ1) is 22.5. The van der Waals surface area contributed by atoms with Crippen molar-refractivity contribution >= 4 is 5.65 Å². The van der Waals surface area contributed by atoms with Crippen LogP contribution in [-0.2, 0) is 13.1 Å². The van der Waals surface area contributed by atoms with Crippen molar-refractivity contribution in [3.8, 4) is 16.9 Å². The summed E-state index contributed by atoms with van der Waals surface area (Å²) in [4.78, 5) is 9.05. The molecule has 1 saturated carbocycles. The predicted molar refractivity (Wildman–Crippen MR) is 131 cm³/mol. The largest absolute Gasteiger partial charge is 0.322 e. The Bertz CT molecular complexity index is 1460. The summed E-state index contributed by atoms with van der Waals surface area (Å²) in [5.74, 6) is -2.50. The number of hydrogen-bond donors (Lipinski definition) is 1. The van der Waals surface area contributed by atoms with Gasteiger partial charge >= 0.3 is 0 Å². The molecular formula is C26H26F2N8. The van der Waals surface area contributed by atoms with Gasteiger partial charge in [0.25, 0.3) is 0 Å². The molecular weight excluding hydrogens is 462 g/mol. The van der Waals surface area contributed by atoms with Crippen LogP contribution in [-0.4, -0.2) is 45.9 Å². The van der Waals surface area contributed by atoms with Crippen molar-refractivity contribution in [1.29, 1.82) is 0 Å². The Morgan fingerprint density at radius 1 is 1.03 bits per heavy atom. The Balaban J connectivity index is 1.12. The lowest BCUT2D eigenvalue weighted by Gasteiger charge is -2.28. The molecule has 8 nitrogen and oxygen atoms in total. The molecule has 1 fully saturated rings. The molecule has 1 aliphatic rings. The highest BCUT2D eigenvalue weighted by Crippen LogP contribution is 2.33.